The van der Waals surface area contributed by atoms with E-state index < -0.39 is 0 Å². The molecular weight excluding hydrogens is 287 g/mol. The summed E-state index contributed by atoms with van der Waals surface area (Å²) < 4.78 is 20.8. The topological polar surface area (TPSA) is 38.5 Å². The minimum atomic E-state index is -0.149. The third-order valence-corrected chi connectivity index (χ3v) is 5.22. The van der Waals surface area contributed by atoms with Crippen molar-refractivity contribution >= 4 is 21.4 Å². The third kappa shape index (κ3) is 3.11. The molecule has 5 heteroatoms. The standard InChI is InChI=1S/C16H21FN2OS/c1-19(9-11-4-3-7-20-11)10-12-15(8-18)21-14-6-2-5-13(17)16(12)14/h2,5-6,11H,3-4,7-10,18H2,1H3. The van der Waals surface area contributed by atoms with E-state index in [4.69, 9.17) is 10.5 Å². The van der Waals surface area contributed by atoms with Crippen LogP contribution in [0.15, 0.2) is 18.2 Å². The van der Waals surface area contributed by atoms with Crippen molar-refractivity contribution in [1.29, 1.82) is 0 Å². The summed E-state index contributed by atoms with van der Waals surface area (Å²) in [4.78, 5) is 3.29. The molecule has 2 heterocycles. The Balaban J connectivity index is 1.84. The molecule has 1 aromatic heterocycles. The molecule has 2 N–H and O–H groups in total. The Hall–Kier alpha value is -1.01. The van der Waals surface area contributed by atoms with Gasteiger partial charge in [-0.15, -0.1) is 11.3 Å². The van der Waals surface area contributed by atoms with E-state index in [0.717, 1.165) is 46.5 Å². The SMILES string of the molecule is CN(Cc1c(CN)sc2cccc(F)c12)CC1CCCO1. The lowest BCUT2D eigenvalue weighted by Gasteiger charge is -2.21. The number of hydrogen-bond acceptors (Lipinski definition) is 4. The van der Waals surface area contributed by atoms with E-state index in [1.807, 2.05) is 6.07 Å². The molecule has 2 aromatic rings. The van der Waals surface area contributed by atoms with Crippen LogP contribution in [-0.2, 0) is 17.8 Å². The summed E-state index contributed by atoms with van der Waals surface area (Å²) in [6.45, 7) is 2.92. The smallest absolute Gasteiger partial charge is 0.132 e. The Morgan fingerprint density at radius 3 is 3.05 bits per heavy atom. The average Bonchev–Trinajstić information content (AvgIpc) is 3.07. The van der Waals surface area contributed by atoms with E-state index in [2.05, 4.69) is 11.9 Å². The number of benzene rings is 1. The summed E-state index contributed by atoms with van der Waals surface area (Å²) in [6, 6.07) is 5.25. The highest BCUT2D eigenvalue weighted by Crippen LogP contribution is 2.33. The number of ether oxygens (including phenoxy) is 1. The molecule has 0 radical (unpaired) electrons. The van der Waals surface area contributed by atoms with Crippen LogP contribution < -0.4 is 5.73 Å². The number of hydrogen-bond donors (Lipinski definition) is 1. The second-order valence-electron chi connectivity index (χ2n) is 5.65. The van der Waals surface area contributed by atoms with Gasteiger partial charge in [-0.25, -0.2) is 4.39 Å². The number of nitrogens with two attached hydrogens (primary N) is 1. The summed E-state index contributed by atoms with van der Waals surface area (Å²) in [7, 11) is 2.06. The molecule has 114 valence electrons. The minimum absolute atomic E-state index is 0.149. The van der Waals surface area contributed by atoms with Crippen LogP contribution in [0, 0.1) is 5.82 Å². The Morgan fingerprint density at radius 2 is 2.33 bits per heavy atom. The van der Waals surface area contributed by atoms with Gasteiger partial charge in [0.15, 0.2) is 0 Å². The zero-order valence-corrected chi connectivity index (χ0v) is 13.1. The van der Waals surface area contributed by atoms with Gasteiger partial charge in [0.05, 0.1) is 6.10 Å². The number of thiophene rings is 1. The molecule has 0 bridgehead atoms. The van der Waals surface area contributed by atoms with Gasteiger partial charge in [-0.2, -0.15) is 0 Å². The minimum Gasteiger partial charge on any atom is -0.377 e. The van der Waals surface area contributed by atoms with Crippen LogP contribution in [0.5, 0.6) is 0 Å². The van der Waals surface area contributed by atoms with Crippen molar-refractivity contribution in [3.63, 3.8) is 0 Å². The van der Waals surface area contributed by atoms with E-state index in [0.29, 0.717) is 19.2 Å². The quantitative estimate of drug-likeness (QED) is 0.922. The van der Waals surface area contributed by atoms with E-state index in [1.54, 1.807) is 17.4 Å². The van der Waals surface area contributed by atoms with Gasteiger partial charge in [-0.05, 0) is 37.6 Å². The second-order valence-corrected chi connectivity index (χ2v) is 6.79. The van der Waals surface area contributed by atoms with Crippen LogP contribution in [0.1, 0.15) is 23.3 Å². The number of likely N-dealkylation sites (N-methyl/N-ethyl adjacent to an activating group) is 1. The molecular formula is C16H21FN2OS. The first-order valence-corrected chi connectivity index (χ1v) is 8.19. The highest BCUT2D eigenvalue weighted by molar-refractivity contribution is 7.19. The third-order valence-electron chi connectivity index (χ3n) is 4.00. The summed E-state index contributed by atoms with van der Waals surface area (Å²) >= 11 is 1.60. The monoisotopic (exact) mass is 308 g/mol. The van der Waals surface area contributed by atoms with Crippen molar-refractivity contribution in [1.82, 2.24) is 4.90 Å². The molecule has 3 nitrogen and oxygen atoms in total. The first-order chi connectivity index (χ1) is 10.2. The van der Waals surface area contributed by atoms with Crippen LogP contribution in [-0.4, -0.2) is 31.2 Å². The van der Waals surface area contributed by atoms with Crippen molar-refractivity contribution in [2.24, 2.45) is 5.73 Å². The van der Waals surface area contributed by atoms with Gasteiger partial charge in [-0.1, -0.05) is 6.07 Å². The fourth-order valence-corrected chi connectivity index (χ4v) is 4.13. The highest BCUT2D eigenvalue weighted by Gasteiger charge is 2.20. The van der Waals surface area contributed by atoms with E-state index in [1.165, 1.54) is 6.07 Å². The van der Waals surface area contributed by atoms with Crippen LogP contribution in [0.3, 0.4) is 0 Å². The fraction of sp³-hybridized carbons (Fsp3) is 0.500. The summed E-state index contributed by atoms with van der Waals surface area (Å²) in [6.07, 6.45) is 2.57. The largest absolute Gasteiger partial charge is 0.377 e. The van der Waals surface area contributed by atoms with Crippen LogP contribution in [0.4, 0.5) is 4.39 Å². The van der Waals surface area contributed by atoms with Gasteiger partial charge in [0, 0.05) is 41.2 Å². The zero-order valence-electron chi connectivity index (χ0n) is 12.3. The van der Waals surface area contributed by atoms with Crippen LogP contribution >= 0.6 is 11.3 Å². The highest BCUT2D eigenvalue weighted by atomic mass is 32.1. The Kier molecular flexibility index (Phi) is 4.54. The molecule has 0 aliphatic carbocycles. The van der Waals surface area contributed by atoms with Gasteiger partial charge in [0.2, 0.25) is 0 Å². The van der Waals surface area contributed by atoms with Crippen LogP contribution in [0.25, 0.3) is 10.1 Å². The van der Waals surface area contributed by atoms with Crippen molar-refractivity contribution in [2.45, 2.75) is 32.0 Å². The maximum absolute atomic E-state index is 14.2. The molecule has 0 amide bonds. The van der Waals surface area contributed by atoms with Crippen molar-refractivity contribution in [2.75, 3.05) is 20.2 Å². The summed E-state index contributed by atoms with van der Waals surface area (Å²) in [5.41, 5.74) is 6.89. The van der Waals surface area contributed by atoms with E-state index >= 15 is 0 Å². The molecule has 1 fully saturated rings. The zero-order chi connectivity index (χ0) is 14.8. The molecule has 1 unspecified atom stereocenters. The van der Waals surface area contributed by atoms with Gasteiger partial charge < -0.3 is 10.5 Å². The lowest BCUT2D eigenvalue weighted by atomic mass is 10.1. The maximum atomic E-state index is 14.2. The lowest BCUT2D eigenvalue weighted by Crippen LogP contribution is -2.28. The lowest BCUT2D eigenvalue weighted by molar-refractivity contribution is 0.0794. The van der Waals surface area contributed by atoms with Gasteiger partial charge in [0.1, 0.15) is 5.82 Å². The fourth-order valence-electron chi connectivity index (χ4n) is 3.02. The molecule has 1 aliphatic rings. The predicted octanol–water partition coefficient (Wildman–Crippen LogP) is 3.11. The molecule has 1 aliphatic heterocycles. The van der Waals surface area contributed by atoms with Crippen molar-refractivity contribution in [3.05, 3.63) is 34.5 Å². The Bertz CT molecular complexity index is 622. The number of halogens is 1. The van der Waals surface area contributed by atoms with E-state index in [9.17, 15) is 4.39 Å². The molecule has 0 spiro atoms. The predicted molar refractivity (Wildman–Crippen MR) is 85.0 cm³/mol. The Morgan fingerprint density at radius 1 is 1.48 bits per heavy atom. The maximum Gasteiger partial charge on any atom is 0.132 e. The van der Waals surface area contributed by atoms with Gasteiger partial charge in [0.25, 0.3) is 0 Å². The van der Waals surface area contributed by atoms with Crippen molar-refractivity contribution in [3.8, 4) is 0 Å². The molecule has 1 saturated heterocycles. The first-order valence-electron chi connectivity index (χ1n) is 7.38. The summed E-state index contributed by atoms with van der Waals surface area (Å²) in [5, 5.41) is 0.738. The van der Waals surface area contributed by atoms with E-state index in [-0.39, 0.29) is 5.82 Å². The number of nitrogens with zero attached hydrogens (tertiary/aromatic N) is 1. The molecule has 1 aromatic carbocycles. The number of rotatable bonds is 5. The molecule has 1 atom stereocenters. The Labute approximate surface area is 128 Å². The van der Waals surface area contributed by atoms with Crippen molar-refractivity contribution < 1.29 is 9.13 Å². The van der Waals surface area contributed by atoms with Gasteiger partial charge >= 0.3 is 0 Å². The molecule has 0 saturated carbocycles. The second kappa shape index (κ2) is 6.40. The molecule has 3 rings (SSSR count). The summed E-state index contributed by atoms with van der Waals surface area (Å²) in [5.74, 6) is -0.149. The van der Waals surface area contributed by atoms with Gasteiger partial charge in [-0.3, -0.25) is 4.90 Å². The number of fused-ring (bicyclic) bond motifs is 1. The van der Waals surface area contributed by atoms with Crippen LogP contribution in [0.2, 0.25) is 0 Å². The average molecular weight is 308 g/mol. The molecule has 21 heavy (non-hydrogen) atoms. The first kappa shape index (κ1) is 14.9. The normalized spacial score (nSPS) is 19.0.